The molecule has 4 rings (SSSR count). The molecule has 138 valence electrons. The summed E-state index contributed by atoms with van der Waals surface area (Å²) in [6.45, 7) is 0. The Balaban J connectivity index is 1.77. The van der Waals surface area contributed by atoms with Crippen molar-refractivity contribution < 1.29 is 9.66 Å². The highest BCUT2D eigenvalue weighted by Gasteiger charge is 2.26. The number of para-hydroxylation sites is 2. The van der Waals surface area contributed by atoms with Gasteiger partial charge in [0.15, 0.2) is 5.75 Å². The van der Waals surface area contributed by atoms with E-state index in [2.05, 4.69) is 20.3 Å². The fourth-order valence-corrected chi connectivity index (χ4v) is 2.83. The largest absolute Gasteiger partial charge is 0.431 e. The van der Waals surface area contributed by atoms with E-state index in [9.17, 15) is 10.1 Å². The number of anilines is 2. The zero-order valence-corrected chi connectivity index (χ0v) is 15.0. The molecule has 0 bridgehead atoms. The number of pyridine rings is 1. The number of benzene rings is 2. The van der Waals surface area contributed by atoms with Crippen LogP contribution in [0, 0.1) is 10.1 Å². The van der Waals surface area contributed by atoms with Crippen molar-refractivity contribution in [2.24, 2.45) is 0 Å². The van der Waals surface area contributed by atoms with E-state index in [0.29, 0.717) is 22.0 Å². The lowest BCUT2D eigenvalue weighted by Gasteiger charge is -2.11. The minimum Gasteiger partial charge on any atom is -0.431 e. The Morgan fingerprint density at radius 1 is 1.00 bits per heavy atom. The van der Waals surface area contributed by atoms with Crippen LogP contribution in [-0.2, 0) is 0 Å². The maximum absolute atomic E-state index is 11.7. The summed E-state index contributed by atoms with van der Waals surface area (Å²) in [5.74, 6) is 0.118. The van der Waals surface area contributed by atoms with Gasteiger partial charge in [0.1, 0.15) is 11.8 Å². The van der Waals surface area contributed by atoms with Crippen molar-refractivity contribution in [1.82, 2.24) is 15.0 Å². The molecular weight excluding hydrogens is 382 g/mol. The van der Waals surface area contributed by atoms with Gasteiger partial charge in [-0.25, -0.2) is 4.98 Å². The third-order valence-corrected chi connectivity index (χ3v) is 4.23. The summed E-state index contributed by atoms with van der Waals surface area (Å²) in [7, 11) is 0. The zero-order valence-electron chi connectivity index (χ0n) is 14.2. The first-order valence-electron chi connectivity index (χ1n) is 8.16. The van der Waals surface area contributed by atoms with E-state index in [1.54, 1.807) is 48.7 Å². The van der Waals surface area contributed by atoms with Crippen molar-refractivity contribution in [1.29, 1.82) is 0 Å². The highest BCUT2D eigenvalue weighted by atomic mass is 35.5. The van der Waals surface area contributed by atoms with Crippen LogP contribution in [0.25, 0.3) is 10.9 Å². The third-order valence-electron chi connectivity index (χ3n) is 3.90. The molecule has 1 N–H and O–H groups in total. The van der Waals surface area contributed by atoms with Gasteiger partial charge in [-0.3, -0.25) is 15.1 Å². The number of ether oxygens (including phenoxy) is 1. The Morgan fingerprint density at radius 3 is 2.64 bits per heavy atom. The predicted octanol–water partition coefficient (Wildman–Crippen LogP) is 5.12. The zero-order chi connectivity index (χ0) is 19.5. The second-order valence-corrected chi connectivity index (χ2v) is 6.08. The van der Waals surface area contributed by atoms with Gasteiger partial charge in [-0.15, -0.1) is 0 Å². The first kappa shape index (κ1) is 17.6. The van der Waals surface area contributed by atoms with E-state index in [4.69, 9.17) is 16.3 Å². The molecular formula is C19H12ClN5O3. The van der Waals surface area contributed by atoms with E-state index in [1.807, 2.05) is 12.1 Å². The van der Waals surface area contributed by atoms with Gasteiger partial charge < -0.3 is 10.1 Å². The van der Waals surface area contributed by atoms with Crippen LogP contribution < -0.4 is 10.1 Å². The van der Waals surface area contributed by atoms with Crippen LogP contribution in [0.3, 0.4) is 0 Å². The summed E-state index contributed by atoms with van der Waals surface area (Å²) in [4.78, 5) is 23.3. The summed E-state index contributed by atoms with van der Waals surface area (Å²) < 4.78 is 5.76. The van der Waals surface area contributed by atoms with Crippen molar-refractivity contribution in [2.45, 2.75) is 0 Å². The molecule has 8 nitrogen and oxygen atoms in total. The first-order valence-corrected chi connectivity index (χ1v) is 8.54. The lowest BCUT2D eigenvalue weighted by Crippen LogP contribution is -2.04. The van der Waals surface area contributed by atoms with Crippen molar-refractivity contribution in [3.8, 4) is 11.6 Å². The van der Waals surface area contributed by atoms with Crippen LogP contribution in [0.15, 0.2) is 67.1 Å². The topological polar surface area (TPSA) is 103 Å². The van der Waals surface area contributed by atoms with Crippen molar-refractivity contribution in [3.05, 3.63) is 82.3 Å². The SMILES string of the molecule is O=[N+]([O-])c1c(Nc2ccccc2Cl)ncnc1Oc1cccc2cccnc12. The molecule has 2 aromatic carbocycles. The number of halogens is 1. The van der Waals surface area contributed by atoms with Gasteiger partial charge in [0.05, 0.1) is 15.6 Å². The van der Waals surface area contributed by atoms with E-state index >= 15 is 0 Å². The number of nitro groups is 1. The van der Waals surface area contributed by atoms with Crippen LogP contribution in [0.2, 0.25) is 5.02 Å². The molecule has 28 heavy (non-hydrogen) atoms. The summed E-state index contributed by atoms with van der Waals surface area (Å²) >= 11 is 6.13. The summed E-state index contributed by atoms with van der Waals surface area (Å²) in [6.07, 6.45) is 2.80. The number of rotatable bonds is 5. The molecule has 0 radical (unpaired) electrons. The normalized spacial score (nSPS) is 10.6. The number of fused-ring (bicyclic) bond motifs is 1. The molecule has 0 saturated heterocycles. The molecule has 2 aromatic heterocycles. The molecule has 0 atom stereocenters. The van der Waals surface area contributed by atoms with Gasteiger partial charge >= 0.3 is 11.6 Å². The van der Waals surface area contributed by atoms with E-state index < -0.39 is 10.6 Å². The van der Waals surface area contributed by atoms with Gasteiger partial charge in [0.2, 0.25) is 5.82 Å². The predicted molar refractivity (Wildman–Crippen MR) is 105 cm³/mol. The molecule has 0 spiro atoms. The quantitative estimate of drug-likeness (QED) is 0.370. The molecule has 0 fully saturated rings. The molecule has 4 aromatic rings. The maximum Gasteiger partial charge on any atom is 0.373 e. The highest BCUT2D eigenvalue weighted by Crippen LogP contribution is 2.37. The van der Waals surface area contributed by atoms with E-state index in [-0.39, 0.29) is 11.7 Å². The second-order valence-electron chi connectivity index (χ2n) is 5.67. The van der Waals surface area contributed by atoms with Gasteiger partial charge in [0, 0.05) is 11.6 Å². The lowest BCUT2D eigenvalue weighted by molar-refractivity contribution is -0.385. The fourth-order valence-electron chi connectivity index (χ4n) is 2.65. The van der Waals surface area contributed by atoms with E-state index in [1.165, 1.54) is 6.33 Å². The standard InChI is InChI=1S/C19H12ClN5O3/c20-13-7-1-2-8-14(13)24-18-17(25(26)27)19(23-11-22-18)28-15-9-3-5-12-6-4-10-21-16(12)15/h1-11H,(H,22,23,24). The molecule has 0 unspecified atom stereocenters. The average molecular weight is 394 g/mol. The fraction of sp³-hybridized carbons (Fsp3) is 0. The Morgan fingerprint density at radius 2 is 1.82 bits per heavy atom. The highest BCUT2D eigenvalue weighted by molar-refractivity contribution is 6.33. The summed E-state index contributed by atoms with van der Waals surface area (Å²) in [5.41, 5.74) is 0.637. The van der Waals surface area contributed by atoms with Crippen molar-refractivity contribution in [3.63, 3.8) is 0 Å². The van der Waals surface area contributed by atoms with Gasteiger partial charge in [-0.2, -0.15) is 4.98 Å². The Hall–Kier alpha value is -3.78. The van der Waals surface area contributed by atoms with Gasteiger partial charge in [-0.1, -0.05) is 41.9 Å². The number of nitrogens with one attached hydrogen (secondary N) is 1. The van der Waals surface area contributed by atoms with E-state index in [0.717, 1.165) is 5.39 Å². The number of hydrogen-bond donors (Lipinski definition) is 1. The van der Waals surface area contributed by atoms with Gasteiger partial charge in [0.25, 0.3) is 0 Å². The van der Waals surface area contributed by atoms with Crippen LogP contribution in [-0.4, -0.2) is 19.9 Å². The molecule has 0 amide bonds. The minimum absolute atomic E-state index is 0.0312. The van der Waals surface area contributed by atoms with Crippen LogP contribution in [0.5, 0.6) is 11.6 Å². The first-order chi connectivity index (χ1) is 13.6. The van der Waals surface area contributed by atoms with Gasteiger partial charge in [-0.05, 0) is 24.3 Å². The second kappa shape index (κ2) is 7.45. The molecule has 2 heterocycles. The number of aromatic nitrogens is 3. The Kier molecular flexibility index (Phi) is 4.69. The Labute approximate surface area is 164 Å². The summed E-state index contributed by atoms with van der Waals surface area (Å²) in [6, 6.07) is 15.8. The molecule has 0 aliphatic heterocycles. The molecule has 9 heteroatoms. The molecule has 0 saturated carbocycles. The van der Waals surface area contributed by atoms with Crippen LogP contribution in [0.1, 0.15) is 0 Å². The Bertz CT molecular complexity index is 1180. The monoisotopic (exact) mass is 393 g/mol. The lowest BCUT2D eigenvalue weighted by atomic mass is 10.2. The summed E-state index contributed by atoms with van der Waals surface area (Å²) in [5, 5.41) is 15.8. The molecule has 0 aliphatic rings. The third kappa shape index (κ3) is 3.40. The van der Waals surface area contributed by atoms with Crippen LogP contribution in [0.4, 0.5) is 17.2 Å². The van der Waals surface area contributed by atoms with Crippen molar-refractivity contribution >= 4 is 39.7 Å². The minimum atomic E-state index is -0.604. The molecule has 0 aliphatic carbocycles. The maximum atomic E-state index is 11.7. The number of nitrogens with zero attached hydrogens (tertiary/aromatic N) is 4. The van der Waals surface area contributed by atoms with Crippen molar-refractivity contribution in [2.75, 3.05) is 5.32 Å². The number of hydrogen-bond acceptors (Lipinski definition) is 7. The average Bonchev–Trinajstić information content (AvgIpc) is 2.70. The van der Waals surface area contributed by atoms with Crippen LogP contribution >= 0.6 is 11.6 Å². The smallest absolute Gasteiger partial charge is 0.373 e.